The van der Waals surface area contributed by atoms with E-state index in [1.165, 1.54) is 0 Å². The van der Waals surface area contributed by atoms with E-state index < -0.39 is 0 Å². The quantitative estimate of drug-likeness (QED) is 0.663. The molecule has 0 aliphatic carbocycles. The van der Waals surface area contributed by atoms with Crippen LogP contribution in [-0.2, 0) is 5.54 Å². The number of furan rings is 1. The molecule has 0 radical (unpaired) electrons. The lowest BCUT2D eigenvalue weighted by molar-refractivity contribution is 0.112. The first-order valence-corrected chi connectivity index (χ1v) is 6.52. The SMILES string of the molecule is CC(C)(C)n1cc(C=O)c(-c2coc3ccccc23)n1. The Labute approximate surface area is 117 Å². The summed E-state index contributed by atoms with van der Waals surface area (Å²) in [6, 6.07) is 7.74. The fourth-order valence-corrected chi connectivity index (χ4v) is 2.19. The molecule has 0 N–H and O–H groups in total. The lowest BCUT2D eigenvalue weighted by atomic mass is 10.1. The molecule has 3 rings (SSSR count). The van der Waals surface area contributed by atoms with Gasteiger partial charge in [-0.05, 0) is 26.8 Å². The Hall–Kier alpha value is -2.36. The van der Waals surface area contributed by atoms with Gasteiger partial charge >= 0.3 is 0 Å². The summed E-state index contributed by atoms with van der Waals surface area (Å²) in [5, 5.41) is 5.54. The molecule has 102 valence electrons. The first kappa shape index (κ1) is 12.7. The Morgan fingerprint density at radius 1 is 1.25 bits per heavy atom. The molecular formula is C16H16N2O2. The topological polar surface area (TPSA) is 48.0 Å². The van der Waals surface area contributed by atoms with Gasteiger partial charge in [-0.1, -0.05) is 18.2 Å². The number of hydrogen-bond acceptors (Lipinski definition) is 3. The van der Waals surface area contributed by atoms with Crippen LogP contribution in [0.15, 0.2) is 41.1 Å². The van der Waals surface area contributed by atoms with Crippen molar-refractivity contribution < 1.29 is 9.21 Å². The highest BCUT2D eigenvalue weighted by molar-refractivity contribution is 5.97. The summed E-state index contributed by atoms with van der Waals surface area (Å²) < 4.78 is 7.35. The standard InChI is InChI=1S/C16H16N2O2/c1-16(2,3)18-8-11(9-19)15(17-18)13-10-20-14-7-5-4-6-12(13)14/h4-10H,1-3H3. The second kappa shape index (κ2) is 4.34. The molecule has 0 bridgehead atoms. The van der Waals surface area contributed by atoms with E-state index in [4.69, 9.17) is 4.42 Å². The number of carbonyl (C=O) groups excluding carboxylic acids is 1. The van der Waals surface area contributed by atoms with Gasteiger partial charge in [0.2, 0.25) is 0 Å². The molecule has 3 aromatic rings. The van der Waals surface area contributed by atoms with Crippen LogP contribution in [-0.4, -0.2) is 16.1 Å². The highest BCUT2D eigenvalue weighted by atomic mass is 16.3. The zero-order valence-electron chi connectivity index (χ0n) is 11.8. The molecule has 0 unspecified atom stereocenters. The van der Waals surface area contributed by atoms with Crippen LogP contribution in [0.2, 0.25) is 0 Å². The number of rotatable bonds is 2. The fraction of sp³-hybridized carbons (Fsp3) is 0.250. The Bertz CT molecular complexity index is 775. The van der Waals surface area contributed by atoms with Gasteiger partial charge < -0.3 is 4.42 Å². The van der Waals surface area contributed by atoms with Crippen molar-refractivity contribution >= 4 is 17.3 Å². The number of nitrogens with zero attached hydrogens (tertiary/aromatic N) is 2. The molecule has 0 saturated carbocycles. The summed E-state index contributed by atoms with van der Waals surface area (Å²) >= 11 is 0. The molecule has 0 spiro atoms. The molecule has 0 amide bonds. The second-order valence-electron chi connectivity index (χ2n) is 5.81. The lowest BCUT2D eigenvalue weighted by Gasteiger charge is -2.18. The summed E-state index contributed by atoms with van der Waals surface area (Å²) in [6.07, 6.45) is 4.28. The Kier molecular flexibility index (Phi) is 2.74. The van der Waals surface area contributed by atoms with Crippen LogP contribution in [0.5, 0.6) is 0 Å². The Balaban J connectivity index is 2.24. The number of para-hydroxylation sites is 1. The van der Waals surface area contributed by atoms with Crippen LogP contribution in [0.4, 0.5) is 0 Å². The van der Waals surface area contributed by atoms with E-state index in [0.717, 1.165) is 22.8 Å². The second-order valence-corrected chi connectivity index (χ2v) is 5.81. The van der Waals surface area contributed by atoms with Crippen molar-refractivity contribution in [3.8, 4) is 11.3 Å². The van der Waals surface area contributed by atoms with Gasteiger partial charge in [0.25, 0.3) is 0 Å². The summed E-state index contributed by atoms with van der Waals surface area (Å²) in [5.41, 5.74) is 2.72. The average molecular weight is 268 g/mol. The average Bonchev–Trinajstić information content (AvgIpc) is 3.01. The predicted octanol–water partition coefficient (Wildman–Crippen LogP) is 3.86. The Morgan fingerprint density at radius 3 is 2.70 bits per heavy atom. The van der Waals surface area contributed by atoms with E-state index in [0.29, 0.717) is 11.3 Å². The van der Waals surface area contributed by atoms with Crippen LogP contribution in [0.3, 0.4) is 0 Å². The smallest absolute Gasteiger partial charge is 0.153 e. The molecule has 0 atom stereocenters. The third kappa shape index (κ3) is 1.93. The third-order valence-electron chi connectivity index (χ3n) is 3.29. The Morgan fingerprint density at radius 2 is 2.00 bits per heavy atom. The van der Waals surface area contributed by atoms with Crippen molar-refractivity contribution in [1.29, 1.82) is 0 Å². The molecule has 4 nitrogen and oxygen atoms in total. The monoisotopic (exact) mass is 268 g/mol. The van der Waals surface area contributed by atoms with E-state index >= 15 is 0 Å². The molecular weight excluding hydrogens is 252 g/mol. The number of fused-ring (bicyclic) bond motifs is 1. The number of aldehydes is 1. The number of aromatic nitrogens is 2. The van der Waals surface area contributed by atoms with Crippen molar-refractivity contribution in [3.05, 3.63) is 42.3 Å². The fourth-order valence-electron chi connectivity index (χ4n) is 2.19. The molecule has 4 heteroatoms. The van der Waals surface area contributed by atoms with Crippen molar-refractivity contribution in [3.63, 3.8) is 0 Å². The first-order chi connectivity index (χ1) is 9.50. The van der Waals surface area contributed by atoms with Gasteiger partial charge in [-0.3, -0.25) is 9.48 Å². The van der Waals surface area contributed by atoms with Crippen molar-refractivity contribution in [2.75, 3.05) is 0 Å². The largest absolute Gasteiger partial charge is 0.464 e. The van der Waals surface area contributed by atoms with Gasteiger partial charge in [0, 0.05) is 17.1 Å². The third-order valence-corrected chi connectivity index (χ3v) is 3.29. The van der Waals surface area contributed by atoms with Gasteiger partial charge in [0.1, 0.15) is 17.5 Å². The van der Waals surface area contributed by atoms with Crippen molar-refractivity contribution in [1.82, 2.24) is 9.78 Å². The minimum atomic E-state index is -0.171. The summed E-state index contributed by atoms with van der Waals surface area (Å²) in [4.78, 5) is 11.3. The normalized spacial score (nSPS) is 11.9. The molecule has 0 saturated heterocycles. The van der Waals surface area contributed by atoms with E-state index in [-0.39, 0.29) is 5.54 Å². The summed E-state index contributed by atoms with van der Waals surface area (Å²) in [6.45, 7) is 6.14. The van der Waals surface area contributed by atoms with Crippen LogP contribution in [0, 0.1) is 0 Å². The van der Waals surface area contributed by atoms with Gasteiger partial charge in [-0.25, -0.2) is 0 Å². The molecule has 2 aromatic heterocycles. The highest BCUT2D eigenvalue weighted by Crippen LogP contribution is 2.32. The highest BCUT2D eigenvalue weighted by Gasteiger charge is 2.20. The minimum Gasteiger partial charge on any atom is -0.464 e. The number of benzene rings is 1. The molecule has 1 aromatic carbocycles. The van der Waals surface area contributed by atoms with E-state index in [2.05, 4.69) is 5.10 Å². The maximum atomic E-state index is 11.3. The number of carbonyl (C=O) groups is 1. The van der Waals surface area contributed by atoms with E-state index in [1.807, 2.05) is 49.7 Å². The number of hydrogen-bond donors (Lipinski definition) is 0. The molecule has 20 heavy (non-hydrogen) atoms. The van der Waals surface area contributed by atoms with Crippen LogP contribution >= 0.6 is 0 Å². The minimum absolute atomic E-state index is 0.171. The summed E-state index contributed by atoms with van der Waals surface area (Å²) in [7, 11) is 0. The van der Waals surface area contributed by atoms with E-state index in [9.17, 15) is 4.79 Å². The maximum absolute atomic E-state index is 11.3. The molecule has 0 aliphatic rings. The van der Waals surface area contributed by atoms with Crippen LogP contribution in [0.25, 0.3) is 22.2 Å². The first-order valence-electron chi connectivity index (χ1n) is 6.52. The van der Waals surface area contributed by atoms with Gasteiger partial charge in [-0.2, -0.15) is 5.10 Å². The van der Waals surface area contributed by atoms with Gasteiger partial charge in [-0.15, -0.1) is 0 Å². The van der Waals surface area contributed by atoms with E-state index in [1.54, 1.807) is 12.5 Å². The zero-order valence-corrected chi connectivity index (χ0v) is 11.8. The van der Waals surface area contributed by atoms with Gasteiger partial charge in [0.05, 0.1) is 11.1 Å². The van der Waals surface area contributed by atoms with Crippen molar-refractivity contribution in [2.24, 2.45) is 0 Å². The van der Waals surface area contributed by atoms with Crippen LogP contribution in [0.1, 0.15) is 31.1 Å². The van der Waals surface area contributed by atoms with Crippen molar-refractivity contribution in [2.45, 2.75) is 26.3 Å². The molecule has 0 aliphatic heterocycles. The molecule has 0 fully saturated rings. The maximum Gasteiger partial charge on any atom is 0.153 e. The zero-order chi connectivity index (χ0) is 14.3. The van der Waals surface area contributed by atoms with Crippen LogP contribution < -0.4 is 0 Å². The lowest BCUT2D eigenvalue weighted by Crippen LogP contribution is -2.22. The molecule has 2 heterocycles. The summed E-state index contributed by atoms with van der Waals surface area (Å²) in [5.74, 6) is 0. The van der Waals surface area contributed by atoms with Gasteiger partial charge in [0.15, 0.2) is 6.29 Å². The predicted molar refractivity (Wildman–Crippen MR) is 77.8 cm³/mol.